The molecule has 1 aromatic heterocycles. The van der Waals surface area contributed by atoms with Crippen LogP contribution in [0.3, 0.4) is 0 Å². The topological polar surface area (TPSA) is 71.5 Å². The van der Waals surface area contributed by atoms with E-state index >= 15 is 0 Å². The molecule has 0 aromatic carbocycles. The first kappa shape index (κ1) is 15.2. The van der Waals surface area contributed by atoms with Crippen LogP contribution in [0.1, 0.15) is 28.7 Å². The molecule has 0 unspecified atom stereocenters. The Hall–Kier alpha value is -1.88. The van der Waals surface area contributed by atoms with Crippen molar-refractivity contribution in [2.24, 2.45) is 0 Å². The van der Waals surface area contributed by atoms with Crippen molar-refractivity contribution in [2.45, 2.75) is 20.8 Å². The number of aromatic carboxylic acids is 1. The Kier molecular flexibility index (Phi) is 5.51. The molecule has 0 radical (unpaired) electrons. The Morgan fingerprint density at radius 2 is 2.21 bits per heavy atom. The smallest absolute Gasteiger partial charge is 0.339 e. The summed E-state index contributed by atoms with van der Waals surface area (Å²) in [6.07, 6.45) is 0. The number of rotatable bonds is 7. The van der Waals surface area contributed by atoms with Gasteiger partial charge in [0.1, 0.15) is 5.56 Å². The molecule has 0 atom stereocenters. The summed E-state index contributed by atoms with van der Waals surface area (Å²) in [7, 11) is 0. The van der Waals surface area contributed by atoms with Crippen LogP contribution in [0.25, 0.3) is 0 Å². The number of carboxylic acid groups (broad SMARTS) is 1. The lowest BCUT2D eigenvalue weighted by Gasteiger charge is -2.12. The highest BCUT2D eigenvalue weighted by atomic mass is 16.5. The molecule has 0 aliphatic carbocycles. The van der Waals surface area contributed by atoms with Gasteiger partial charge in [-0.05, 0) is 26.8 Å². The fourth-order valence-electron chi connectivity index (χ4n) is 1.74. The molecule has 5 heteroatoms. The summed E-state index contributed by atoms with van der Waals surface area (Å²) >= 11 is 0. The third-order valence-corrected chi connectivity index (χ3v) is 2.45. The van der Waals surface area contributed by atoms with Gasteiger partial charge in [0.25, 0.3) is 0 Å². The second kappa shape index (κ2) is 6.89. The van der Waals surface area contributed by atoms with Crippen LogP contribution in [0.5, 0.6) is 0 Å². The number of nitrogens with one attached hydrogen (secondary N) is 1. The van der Waals surface area contributed by atoms with Crippen molar-refractivity contribution < 1.29 is 14.6 Å². The maximum atomic E-state index is 11.2. The Bertz CT molecular complexity index is 484. The zero-order chi connectivity index (χ0) is 14.4. The van der Waals surface area contributed by atoms with Crippen molar-refractivity contribution in [3.63, 3.8) is 0 Å². The summed E-state index contributed by atoms with van der Waals surface area (Å²) in [5, 5.41) is 12.3. The van der Waals surface area contributed by atoms with Gasteiger partial charge in [-0.1, -0.05) is 12.2 Å². The minimum absolute atomic E-state index is 0.213. The average molecular weight is 264 g/mol. The zero-order valence-corrected chi connectivity index (χ0v) is 11.6. The normalized spacial score (nSPS) is 10.3. The molecule has 0 spiro atoms. The Balaban J connectivity index is 2.67. The predicted molar refractivity (Wildman–Crippen MR) is 74.8 cm³/mol. The summed E-state index contributed by atoms with van der Waals surface area (Å²) in [6, 6.07) is 1.73. The molecule has 19 heavy (non-hydrogen) atoms. The van der Waals surface area contributed by atoms with E-state index in [1.54, 1.807) is 13.0 Å². The van der Waals surface area contributed by atoms with E-state index in [9.17, 15) is 9.90 Å². The number of anilines is 1. The van der Waals surface area contributed by atoms with Crippen molar-refractivity contribution in [2.75, 3.05) is 25.1 Å². The summed E-state index contributed by atoms with van der Waals surface area (Å²) < 4.78 is 5.35. The van der Waals surface area contributed by atoms with Crippen LogP contribution in [-0.2, 0) is 4.74 Å². The Morgan fingerprint density at radius 1 is 1.53 bits per heavy atom. The number of carboxylic acids is 1. The summed E-state index contributed by atoms with van der Waals surface area (Å²) in [6.45, 7) is 10.7. The van der Waals surface area contributed by atoms with E-state index in [-0.39, 0.29) is 5.56 Å². The average Bonchev–Trinajstić information content (AvgIpc) is 2.26. The van der Waals surface area contributed by atoms with Gasteiger partial charge in [0.2, 0.25) is 0 Å². The van der Waals surface area contributed by atoms with Gasteiger partial charge in [0.15, 0.2) is 0 Å². The number of carbonyl (C=O) groups is 1. The number of nitrogens with zero attached hydrogens (tertiary/aromatic N) is 1. The van der Waals surface area contributed by atoms with Crippen molar-refractivity contribution >= 4 is 11.7 Å². The first-order valence-electron chi connectivity index (χ1n) is 6.09. The molecule has 1 rings (SSSR count). The second-order valence-electron chi connectivity index (χ2n) is 4.51. The van der Waals surface area contributed by atoms with E-state index in [1.165, 1.54) is 0 Å². The monoisotopic (exact) mass is 264 g/mol. The van der Waals surface area contributed by atoms with E-state index in [4.69, 9.17) is 4.74 Å². The van der Waals surface area contributed by atoms with E-state index in [0.717, 1.165) is 11.3 Å². The maximum absolute atomic E-state index is 11.2. The van der Waals surface area contributed by atoms with Gasteiger partial charge >= 0.3 is 5.97 Å². The number of aryl methyl sites for hydroxylation is 2. The standard InChI is InChI=1S/C14H20N2O3/c1-9(2)8-19-6-5-15-12-7-10(3)16-11(4)13(12)14(17)18/h7H,1,5-6,8H2,2-4H3,(H,15,16)(H,17,18). The minimum Gasteiger partial charge on any atom is -0.478 e. The SMILES string of the molecule is C=C(C)COCCNc1cc(C)nc(C)c1C(=O)O. The molecule has 5 nitrogen and oxygen atoms in total. The van der Waals surface area contributed by atoms with Crippen LogP contribution >= 0.6 is 0 Å². The zero-order valence-electron chi connectivity index (χ0n) is 11.6. The van der Waals surface area contributed by atoms with Gasteiger partial charge in [-0.25, -0.2) is 4.79 Å². The lowest BCUT2D eigenvalue weighted by atomic mass is 10.1. The van der Waals surface area contributed by atoms with Gasteiger partial charge in [0, 0.05) is 12.2 Å². The molecule has 0 bridgehead atoms. The van der Waals surface area contributed by atoms with Gasteiger partial charge in [-0.15, -0.1) is 0 Å². The number of ether oxygens (including phenoxy) is 1. The van der Waals surface area contributed by atoms with Gasteiger partial charge in [-0.2, -0.15) is 0 Å². The quantitative estimate of drug-likeness (QED) is 0.584. The predicted octanol–water partition coefficient (Wildman–Crippen LogP) is 2.40. The van der Waals surface area contributed by atoms with Crippen LogP contribution < -0.4 is 5.32 Å². The molecule has 0 aliphatic rings. The Morgan fingerprint density at radius 3 is 2.79 bits per heavy atom. The van der Waals surface area contributed by atoms with Crippen molar-refractivity contribution in [3.05, 3.63) is 35.2 Å². The van der Waals surface area contributed by atoms with Crippen molar-refractivity contribution in [1.82, 2.24) is 4.98 Å². The molecule has 0 fully saturated rings. The fourth-order valence-corrected chi connectivity index (χ4v) is 1.74. The number of aromatic nitrogens is 1. The van der Waals surface area contributed by atoms with Crippen LogP contribution in [0.4, 0.5) is 5.69 Å². The summed E-state index contributed by atoms with van der Waals surface area (Å²) in [5.74, 6) is -0.977. The lowest BCUT2D eigenvalue weighted by Crippen LogP contribution is -2.14. The van der Waals surface area contributed by atoms with E-state index < -0.39 is 5.97 Å². The Labute approximate surface area is 113 Å². The number of hydrogen-bond acceptors (Lipinski definition) is 4. The molecule has 2 N–H and O–H groups in total. The van der Waals surface area contributed by atoms with Gasteiger partial charge < -0.3 is 15.2 Å². The van der Waals surface area contributed by atoms with Gasteiger partial charge in [0.05, 0.1) is 24.6 Å². The van der Waals surface area contributed by atoms with E-state index in [1.807, 2.05) is 13.8 Å². The number of hydrogen-bond donors (Lipinski definition) is 2. The molecule has 0 aliphatic heterocycles. The molecule has 104 valence electrons. The highest BCUT2D eigenvalue weighted by Crippen LogP contribution is 2.19. The molecule has 1 aromatic rings. The fraction of sp³-hybridized carbons (Fsp3) is 0.429. The highest BCUT2D eigenvalue weighted by Gasteiger charge is 2.14. The first-order valence-corrected chi connectivity index (χ1v) is 6.09. The van der Waals surface area contributed by atoms with Crippen LogP contribution in [0.15, 0.2) is 18.2 Å². The molecule has 1 heterocycles. The molecular formula is C14H20N2O3. The number of pyridine rings is 1. The summed E-state index contributed by atoms with van der Waals surface area (Å²) in [5.41, 5.74) is 3.05. The van der Waals surface area contributed by atoms with E-state index in [0.29, 0.717) is 31.1 Å². The van der Waals surface area contributed by atoms with Crippen LogP contribution in [-0.4, -0.2) is 35.8 Å². The maximum Gasteiger partial charge on any atom is 0.339 e. The molecular weight excluding hydrogens is 244 g/mol. The van der Waals surface area contributed by atoms with Crippen LogP contribution in [0.2, 0.25) is 0 Å². The highest BCUT2D eigenvalue weighted by molar-refractivity contribution is 5.95. The molecule has 0 saturated heterocycles. The van der Waals surface area contributed by atoms with E-state index in [2.05, 4.69) is 16.9 Å². The molecule has 0 amide bonds. The van der Waals surface area contributed by atoms with Crippen molar-refractivity contribution in [1.29, 1.82) is 0 Å². The van der Waals surface area contributed by atoms with Crippen molar-refractivity contribution in [3.8, 4) is 0 Å². The van der Waals surface area contributed by atoms with Gasteiger partial charge in [-0.3, -0.25) is 4.98 Å². The molecule has 0 saturated carbocycles. The second-order valence-corrected chi connectivity index (χ2v) is 4.51. The third kappa shape index (κ3) is 4.71. The summed E-state index contributed by atoms with van der Waals surface area (Å²) in [4.78, 5) is 15.4. The first-order chi connectivity index (χ1) is 8.91. The largest absolute Gasteiger partial charge is 0.478 e. The van der Waals surface area contributed by atoms with Crippen LogP contribution in [0, 0.1) is 13.8 Å². The lowest BCUT2D eigenvalue weighted by molar-refractivity contribution is 0.0696. The third-order valence-electron chi connectivity index (χ3n) is 2.45. The minimum atomic E-state index is -0.977.